The second kappa shape index (κ2) is 6.48. The van der Waals surface area contributed by atoms with Gasteiger partial charge >= 0.3 is 0 Å². The number of nitrogens with one attached hydrogen (secondary N) is 1. The summed E-state index contributed by atoms with van der Waals surface area (Å²) in [6, 6.07) is 2.12. The van der Waals surface area contributed by atoms with Gasteiger partial charge in [0.15, 0.2) is 0 Å². The van der Waals surface area contributed by atoms with Crippen LogP contribution in [0, 0.1) is 13.8 Å². The Morgan fingerprint density at radius 3 is 2.75 bits per heavy atom. The summed E-state index contributed by atoms with van der Waals surface area (Å²) in [6.45, 7) is 11.4. The molecule has 0 aliphatic rings. The fourth-order valence-corrected chi connectivity index (χ4v) is 1.63. The van der Waals surface area contributed by atoms with Gasteiger partial charge in [0.25, 0.3) is 0 Å². The highest BCUT2D eigenvalue weighted by Crippen LogP contribution is 2.02. The van der Waals surface area contributed by atoms with Crippen LogP contribution in [0.2, 0.25) is 0 Å². The Morgan fingerprint density at radius 1 is 1.44 bits per heavy atom. The highest BCUT2D eigenvalue weighted by atomic mass is 15.3. The Labute approximate surface area is 98.5 Å². The van der Waals surface area contributed by atoms with Crippen LogP contribution < -0.4 is 5.32 Å². The first-order valence-electron chi connectivity index (χ1n) is 5.94. The van der Waals surface area contributed by atoms with Crippen molar-refractivity contribution < 1.29 is 0 Å². The zero-order valence-electron chi connectivity index (χ0n) is 10.9. The summed E-state index contributed by atoms with van der Waals surface area (Å²) in [5, 5.41) is 7.83. The van der Waals surface area contributed by atoms with Crippen LogP contribution in [0.5, 0.6) is 0 Å². The first-order chi connectivity index (χ1) is 7.59. The van der Waals surface area contributed by atoms with Crippen LogP contribution in [0.4, 0.5) is 0 Å². The summed E-state index contributed by atoms with van der Waals surface area (Å²) in [5.41, 5.74) is 3.72. The molecule has 0 aromatic carbocycles. The lowest BCUT2D eigenvalue weighted by molar-refractivity contribution is 0.542. The standard InChI is InChI=1S/C13H23N3/c1-11(2)6-8-14-7-5-9-16-13(4)10-12(3)15-16/h6,10,14H,5,7-9H2,1-4H3. The monoisotopic (exact) mass is 221 g/mol. The van der Waals surface area contributed by atoms with Gasteiger partial charge in [-0.3, -0.25) is 4.68 Å². The zero-order chi connectivity index (χ0) is 12.0. The van der Waals surface area contributed by atoms with Crippen molar-refractivity contribution >= 4 is 0 Å². The van der Waals surface area contributed by atoms with E-state index in [0.29, 0.717) is 0 Å². The van der Waals surface area contributed by atoms with Crippen LogP contribution in [0.25, 0.3) is 0 Å². The third kappa shape index (κ3) is 4.62. The predicted octanol–water partition coefficient (Wildman–Crippen LogP) is 2.45. The zero-order valence-corrected chi connectivity index (χ0v) is 10.9. The Morgan fingerprint density at radius 2 is 2.19 bits per heavy atom. The summed E-state index contributed by atoms with van der Waals surface area (Å²) in [5.74, 6) is 0. The van der Waals surface area contributed by atoms with E-state index in [2.05, 4.69) is 48.0 Å². The molecule has 0 saturated carbocycles. The molecular weight excluding hydrogens is 198 g/mol. The van der Waals surface area contributed by atoms with Gasteiger partial charge in [-0.15, -0.1) is 0 Å². The van der Waals surface area contributed by atoms with Crippen molar-refractivity contribution in [2.24, 2.45) is 0 Å². The molecule has 1 aromatic heterocycles. The number of hydrogen-bond acceptors (Lipinski definition) is 2. The first-order valence-corrected chi connectivity index (χ1v) is 5.94. The Bertz CT molecular complexity index is 346. The average Bonchev–Trinajstić information content (AvgIpc) is 2.50. The quantitative estimate of drug-likeness (QED) is 0.590. The Balaban J connectivity index is 2.16. The van der Waals surface area contributed by atoms with Crippen molar-refractivity contribution in [2.75, 3.05) is 13.1 Å². The van der Waals surface area contributed by atoms with Gasteiger partial charge in [0, 0.05) is 18.8 Å². The third-order valence-corrected chi connectivity index (χ3v) is 2.48. The molecule has 1 heterocycles. The van der Waals surface area contributed by atoms with Gasteiger partial charge in [0.05, 0.1) is 5.69 Å². The van der Waals surface area contributed by atoms with Gasteiger partial charge in [-0.05, 0) is 46.7 Å². The summed E-state index contributed by atoms with van der Waals surface area (Å²) in [6.07, 6.45) is 3.34. The molecule has 90 valence electrons. The third-order valence-electron chi connectivity index (χ3n) is 2.48. The average molecular weight is 221 g/mol. The van der Waals surface area contributed by atoms with Crippen LogP contribution >= 0.6 is 0 Å². The maximum atomic E-state index is 4.43. The van der Waals surface area contributed by atoms with Crippen molar-refractivity contribution in [3.63, 3.8) is 0 Å². The van der Waals surface area contributed by atoms with E-state index in [-0.39, 0.29) is 0 Å². The molecule has 0 amide bonds. The van der Waals surface area contributed by atoms with Crippen LogP contribution in [-0.4, -0.2) is 22.9 Å². The molecule has 0 bridgehead atoms. The van der Waals surface area contributed by atoms with Crippen molar-refractivity contribution in [2.45, 2.75) is 40.7 Å². The second-order valence-electron chi connectivity index (χ2n) is 4.49. The fourth-order valence-electron chi connectivity index (χ4n) is 1.63. The summed E-state index contributed by atoms with van der Waals surface area (Å²) >= 11 is 0. The lowest BCUT2D eigenvalue weighted by Crippen LogP contribution is -2.17. The molecule has 1 aromatic rings. The van der Waals surface area contributed by atoms with E-state index in [9.17, 15) is 0 Å². The number of aromatic nitrogens is 2. The first kappa shape index (κ1) is 13.0. The fraction of sp³-hybridized carbons (Fsp3) is 0.615. The summed E-state index contributed by atoms with van der Waals surface area (Å²) in [4.78, 5) is 0. The molecule has 1 rings (SSSR count). The van der Waals surface area contributed by atoms with Gasteiger partial charge in [0.1, 0.15) is 0 Å². The van der Waals surface area contributed by atoms with Crippen molar-refractivity contribution in [3.8, 4) is 0 Å². The van der Waals surface area contributed by atoms with Gasteiger partial charge in [-0.1, -0.05) is 11.6 Å². The molecular formula is C13H23N3. The number of allylic oxidation sites excluding steroid dienone is 1. The second-order valence-corrected chi connectivity index (χ2v) is 4.49. The minimum atomic E-state index is 0.972. The highest BCUT2D eigenvalue weighted by Gasteiger charge is 1.99. The largest absolute Gasteiger partial charge is 0.313 e. The number of aryl methyl sites for hydroxylation is 3. The number of hydrogen-bond donors (Lipinski definition) is 1. The van der Waals surface area contributed by atoms with E-state index in [4.69, 9.17) is 0 Å². The molecule has 3 nitrogen and oxygen atoms in total. The normalized spacial score (nSPS) is 10.5. The number of nitrogens with zero attached hydrogens (tertiary/aromatic N) is 2. The molecule has 0 spiro atoms. The van der Waals surface area contributed by atoms with Crippen LogP contribution in [0.3, 0.4) is 0 Å². The lowest BCUT2D eigenvalue weighted by Gasteiger charge is -2.05. The molecule has 0 aliphatic carbocycles. The van der Waals surface area contributed by atoms with E-state index in [1.807, 2.05) is 6.92 Å². The van der Waals surface area contributed by atoms with Gasteiger partial charge in [-0.2, -0.15) is 5.10 Å². The van der Waals surface area contributed by atoms with Gasteiger partial charge < -0.3 is 5.32 Å². The molecule has 0 fully saturated rings. The van der Waals surface area contributed by atoms with Crippen LogP contribution in [0.1, 0.15) is 31.7 Å². The summed E-state index contributed by atoms with van der Waals surface area (Å²) in [7, 11) is 0. The summed E-state index contributed by atoms with van der Waals surface area (Å²) < 4.78 is 2.08. The smallest absolute Gasteiger partial charge is 0.0596 e. The van der Waals surface area contributed by atoms with Crippen molar-refractivity contribution in [1.82, 2.24) is 15.1 Å². The van der Waals surface area contributed by atoms with Crippen LogP contribution in [0.15, 0.2) is 17.7 Å². The molecule has 1 N–H and O–H groups in total. The molecule has 0 unspecified atom stereocenters. The van der Waals surface area contributed by atoms with Crippen molar-refractivity contribution in [3.05, 3.63) is 29.1 Å². The topological polar surface area (TPSA) is 29.9 Å². The predicted molar refractivity (Wildman–Crippen MR) is 68.6 cm³/mol. The molecule has 3 heteroatoms. The minimum absolute atomic E-state index is 0.972. The van der Waals surface area contributed by atoms with Crippen LogP contribution in [-0.2, 0) is 6.54 Å². The molecule has 0 radical (unpaired) electrons. The molecule has 0 atom stereocenters. The Hall–Kier alpha value is -1.09. The van der Waals surface area contributed by atoms with E-state index in [0.717, 1.165) is 31.7 Å². The lowest BCUT2D eigenvalue weighted by atomic mass is 10.3. The molecule has 16 heavy (non-hydrogen) atoms. The maximum Gasteiger partial charge on any atom is 0.0596 e. The maximum absolute atomic E-state index is 4.43. The highest BCUT2D eigenvalue weighted by molar-refractivity contribution is 5.06. The van der Waals surface area contributed by atoms with E-state index >= 15 is 0 Å². The van der Waals surface area contributed by atoms with Gasteiger partial charge in [-0.25, -0.2) is 0 Å². The number of rotatable bonds is 6. The Kier molecular flexibility index (Phi) is 5.26. The van der Waals surface area contributed by atoms with Crippen molar-refractivity contribution in [1.29, 1.82) is 0 Å². The van der Waals surface area contributed by atoms with E-state index in [1.165, 1.54) is 11.3 Å². The van der Waals surface area contributed by atoms with E-state index < -0.39 is 0 Å². The van der Waals surface area contributed by atoms with Gasteiger partial charge in [0.2, 0.25) is 0 Å². The molecule has 0 saturated heterocycles. The van der Waals surface area contributed by atoms with E-state index in [1.54, 1.807) is 0 Å². The molecule has 0 aliphatic heterocycles. The minimum Gasteiger partial charge on any atom is -0.313 e. The SMILES string of the molecule is CC(C)=CCNCCCn1nc(C)cc1C.